The van der Waals surface area contributed by atoms with E-state index in [2.05, 4.69) is 41.9 Å². The molecule has 1 saturated heterocycles. The Morgan fingerprint density at radius 1 is 1.13 bits per heavy atom. The molecule has 1 aliphatic rings. The van der Waals surface area contributed by atoms with Gasteiger partial charge >= 0.3 is 0 Å². The summed E-state index contributed by atoms with van der Waals surface area (Å²) in [6, 6.07) is 14.4. The van der Waals surface area contributed by atoms with Gasteiger partial charge in [-0.1, -0.05) is 31.5 Å². The van der Waals surface area contributed by atoms with E-state index in [0.29, 0.717) is 13.1 Å². The van der Waals surface area contributed by atoms with Crippen LogP contribution in [-0.2, 0) is 4.79 Å². The highest BCUT2D eigenvalue weighted by Crippen LogP contribution is 2.30. The molecule has 0 aliphatic carbocycles. The lowest BCUT2D eigenvalue weighted by atomic mass is 9.95. The van der Waals surface area contributed by atoms with Crippen LogP contribution in [0.2, 0.25) is 0 Å². The second-order valence-electron chi connectivity index (χ2n) is 8.03. The summed E-state index contributed by atoms with van der Waals surface area (Å²) < 4.78 is 2.21. The Morgan fingerprint density at radius 3 is 2.67 bits per heavy atom. The maximum atomic E-state index is 13.0. The van der Waals surface area contributed by atoms with E-state index in [9.17, 15) is 9.59 Å². The highest BCUT2D eigenvalue weighted by atomic mass is 32.1. The van der Waals surface area contributed by atoms with Gasteiger partial charge in [-0.2, -0.15) is 0 Å². The van der Waals surface area contributed by atoms with Crippen LogP contribution in [0, 0.1) is 12.8 Å². The van der Waals surface area contributed by atoms with Crippen molar-refractivity contribution >= 4 is 34.1 Å². The Kier molecular flexibility index (Phi) is 6.23. The lowest BCUT2D eigenvalue weighted by Crippen LogP contribution is -2.43. The lowest BCUT2D eigenvalue weighted by molar-refractivity contribution is -0.126. The third-order valence-corrected chi connectivity index (χ3v) is 6.96. The van der Waals surface area contributed by atoms with Gasteiger partial charge in [0.2, 0.25) is 5.91 Å². The summed E-state index contributed by atoms with van der Waals surface area (Å²) in [5.74, 6) is 0.243. The van der Waals surface area contributed by atoms with Crippen LogP contribution in [0.1, 0.15) is 48.0 Å². The number of nitrogens with one attached hydrogen (secondary N) is 1. The molecule has 0 atom stereocenters. The second-order valence-corrected chi connectivity index (χ2v) is 9.09. The van der Waals surface area contributed by atoms with E-state index in [0.717, 1.165) is 53.3 Å². The van der Waals surface area contributed by atoms with Gasteiger partial charge in [0.25, 0.3) is 5.91 Å². The number of hydrogen-bond acceptors (Lipinski definition) is 3. The van der Waals surface area contributed by atoms with Crippen molar-refractivity contribution < 1.29 is 9.59 Å². The molecule has 1 N–H and O–H groups in total. The molecule has 0 bridgehead atoms. The number of rotatable bonds is 6. The third-order valence-electron chi connectivity index (χ3n) is 5.90. The predicted molar refractivity (Wildman–Crippen MR) is 122 cm³/mol. The Morgan fingerprint density at radius 2 is 1.90 bits per heavy atom. The van der Waals surface area contributed by atoms with Gasteiger partial charge in [0.05, 0.1) is 10.4 Å². The smallest absolute Gasteiger partial charge is 0.263 e. The average molecular weight is 424 g/mol. The normalized spacial score (nSPS) is 14.9. The minimum absolute atomic E-state index is 0.0266. The number of likely N-dealkylation sites (tertiary alicyclic amines) is 1. The van der Waals surface area contributed by atoms with Crippen molar-refractivity contribution in [3.8, 4) is 5.00 Å². The van der Waals surface area contributed by atoms with Crippen LogP contribution in [0.25, 0.3) is 15.9 Å². The summed E-state index contributed by atoms with van der Waals surface area (Å²) in [7, 11) is 0. The molecule has 0 saturated carbocycles. The first-order chi connectivity index (χ1) is 14.6. The van der Waals surface area contributed by atoms with E-state index in [1.165, 1.54) is 16.7 Å². The molecule has 30 heavy (non-hydrogen) atoms. The average Bonchev–Trinajstić information content (AvgIpc) is 3.37. The predicted octanol–water partition coefficient (Wildman–Crippen LogP) is 4.77. The van der Waals surface area contributed by atoms with Crippen LogP contribution in [0.15, 0.2) is 42.5 Å². The molecule has 5 nitrogen and oxygen atoms in total. The molecule has 0 unspecified atom stereocenters. The number of amides is 2. The van der Waals surface area contributed by atoms with Gasteiger partial charge in [-0.05, 0) is 50.5 Å². The zero-order valence-corrected chi connectivity index (χ0v) is 18.5. The van der Waals surface area contributed by atoms with Crippen molar-refractivity contribution in [1.29, 1.82) is 0 Å². The number of aryl methyl sites for hydroxylation is 1. The van der Waals surface area contributed by atoms with Crippen LogP contribution < -0.4 is 5.32 Å². The second kappa shape index (κ2) is 9.04. The van der Waals surface area contributed by atoms with Crippen molar-refractivity contribution in [3.05, 3.63) is 53.0 Å². The van der Waals surface area contributed by atoms with Crippen molar-refractivity contribution in [2.75, 3.05) is 19.6 Å². The van der Waals surface area contributed by atoms with Crippen LogP contribution in [-0.4, -0.2) is 40.9 Å². The highest BCUT2D eigenvalue weighted by Gasteiger charge is 2.28. The minimum Gasteiger partial charge on any atom is -0.356 e. The number of para-hydroxylation sites is 1. The molecule has 2 aromatic heterocycles. The number of fused-ring (bicyclic) bond motifs is 1. The first-order valence-electron chi connectivity index (χ1n) is 10.8. The molecule has 1 aliphatic heterocycles. The molecule has 1 aromatic carbocycles. The summed E-state index contributed by atoms with van der Waals surface area (Å²) in [5, 5.41) is 5.29. The quantitative estimate of drug-likeness (QED) is 0.581. The fourth-order valence-corrected chi connectivity index (χ4v) is 5.23. The van der Waals surface area contributed by atoms with Gasteiger partial charge in [-0.3, -0.25) is 9.59 Å². The molecule has 3 aromatic rings. The summed E-state index contributed by atoms with van der Waals surface area (Å²) >= 11 is 1.53. The van der Waals surface area contributed by atoms with Gasteiger partial charge in [0.1, 0.15) is 5.00 Å². The number of piperidine rings is 1. The van der Waals surface area contributed by atoms with Crippen molar-refractivity contribution in [1.82, 2.24) is 14.8 Å². The van der Waals surface area contributed by atoms with E-state index in [1.807, 2.05) is 29.2 Å². The fraction of sp³-hybridized carbons (Fsp3) is 0.417. The third kappa shape index (κ3) is 4.15. The maximum absolute atomic E-state index is 13.0. The molecule has 1 fully saturated rings. The van der Waals surface area contributed by atoms with Crippen LogP contribution in [0.3, 0.4) is 0 Å². The number of hydrogen-bond donors (Lipinski definition) is 1. The topological polar surface area (TPSA) is 54.3 Å². The summed E-state index contributed by atoms with van der Waals surface area (Å²) in [6.45, 7) is 6.25. The zero-order chi connectivity index (χ0) is 21.1. The number of benzene rings is 1. The molecule has 0 radical (unpaired) electrons. The molecule has 3 heterocycles. The largest absolute Gasteiger partial charge is 0.356 e. The fourth-order valence-electron chi connectivity index (χ4n) is 4.18. The summed E-state index contributed by atoms with van der Waals surface area (Å²) in [5.41, 5.74) is 2.32. The number of carbonyl (C=O) groups is 2. The Labute approximate surface area is 181 Å². The first-order valence-corrected chi connectivity index (χ1v) is 11.6. The van der Waals surface area contributed by atoms with Gasteiger partial charge in [-0.25, -0.2) is 0 Å². The Bertz CT molecular complexity index is 1040. The zero-order valence-electron chi connectivity index (χ0n) is 17.7. The SMILES string of the molecule is CCCCNC(=O)C1CCN(C(=O)c2ccc(-n3c(C)cc4ccccc43)s2)CC1. The van der Waals surface area contributed by atoms with Crippen LogP contribution in [0.5, 0.6) is 0 Å². The van der Waals surface area contributed by atoms with E-state index in [-0.39, 0.29) is 17.7 Å². The number of carbonyl (C=O) groups excluding carboxylic acids is 2. The minimum atomic E-state index is 0.0266. The summed E-state index contributed by atoms with van der Waals surface area (Å²) in [6.07, 6.45) is 3.57. The monoisotopic (exact) mass is 423 g/mol. The van der Waals surface area contributed by atoms with Gasteiger partial charge < -0.3 is 14.8 Å². The molecule has 4 rings (SSSR count). The van der Waals surface area contributed by atoms with Gasteiger partial charge in [0.15, 0.2) is 0 Å². The molecular weight excluding hydrogens is 394 g/mol. The number of aromatic nitrogens is 1. The highest BCUT2D eigenvalue weighted by molar-refractivity contribution is 7.16. The van der Waals surface area contributed by atoms with Crippen LogP contribution in [0.4, 0.5) is 0 Å². The van der Waals surface area contributed by atoms with Crippen molar-refractivity contribution in [2.45, 2.75) is 39.5 Å². The molecular formula is C24H29N3O2S. The standard InChI is InChI=1S/C24H29N3O2S/c1-3-4-13-25-23(28)18-11-14-26(15-12-18)24(29)21-9-10-22(30-21)27-17(2)16-19-7-5-6-8-20(19)27/h5-10,16,18H,3-4,11-15H2,1-2H3,(H,25,28). The Balaban J connectivity index is 1.42. The lowest BCUT2D eigenvalue weighted by Gasteiger charge is -2.31. The summed E-state index contributed by atoms with van der Waals surface area (Å²) in [4.78, 5) is 28.0. The number of nitrogens with zero attached hydrogens (tertiary/aromatic N) is 2. The van der Waals surface area contributed by atoms with Crippen molar-refractivity contribution in [2.24, 2.45) is 5.92 Å². The van der Waals surface area contributed by atoms with Crippen LogP contribution >= 0.6 is 11.3 Å². The van der Waals surface area contributed by atoms with Gasteiger partial charge in [-0.15, -0.1) is 11.3 Å². The molecule has 0 spiro atoms. The van der Waals surface area contributed by atoms with E-state index in [4.69, 9.17) is 0 Å². The van der Waals surface area contributed by atoms with E-state index in [1.54, 1.807) is 0 Å². The Hall–Kier alpha value is -2.60. The molecule has 158 valence electrons. The van der Waals surface area contributed by atoms with E-state index >= 15 is 0 Å². The van der Waals surface area contributed by atoms with E-state index < -0.39 is 0 Å². The molecule has 6 heteroatoms. The number of thiophene rings is 1. The number of unbranched alkanes of at least 4 members (excludes halogenated alkanes) is 1. The van der Waals surface area contributed by atoms with Gasteiger partial charge in [0, 0.05) is 36.6 Å². The first kappa shape index (κ1) is 20.7. The molecule has 2 amide bonds. The maximum Gasteiger partial charge on any atom is 0.263 e. The van der Waals surface area contributed by atoms with Crippen molar-refractivity contribution in [3.63, 3.8) is 0 Å².